The highest BCUT2D eigenvalue weighted by atomic mass is 16.2. The van der Waals surface area contributed by atoms with Crippen molar-refractivity contribution in [1.82, 2.24) is 0 Å². The fourth-order valence-corrected chi connectivity index (χ4v) is 5.94. The van der Waals surface area contributed by atoms with Gasteiger partial charge in [0.05, 0.1) is 52.1 Å². The summed E-state index contributed by atoms with van der Waals surface area (Å²) in [5.41, 5.74) is 2.26. The van der Waals surface area contributed by atoms with Crippen molar-refractivity contribution in [2.45, 2.75) is 51.4 Å². The highest BCUT2D eigenvalue weighted by molar-refractivity contribution is 6.29. The third kappa shape index (κ3) is 6.19. The molecule has 2 aliphatic heterocycles. The van der Waals surface area contributed by atoms with E-state index in [-0.39, 0.29) is 23.4 Å². The molecule has 2 saturated heterocycles. The van der Waals surface area contributed by atoms with Gasteiger partial charge in [0.25, 0.3) is 0 Å². The molecule has 2 heterocycles. The molecule has 3 aliphatic rings. The molecule has 0 bridgehead atoms. The Morgan fingerprint density at radius 1 is 0.579 bits per heavy atom. The first kappa shape index (κ1) is 26.3. The van der Waals surface area contributed by atoms with E-state index in [0.717, 1.165) is 39.3 Å². The summed E-state index contributed by atoms with van der Waals surface area (Å²) in [5.74, 6) is -0.675. The van der Waals surface area contributed by atoms with Crippen LogP contribution in [0.15, 0.2) is 36.4 Å². The average Bonchev–Trinajstić information content (AvgIpc) is 2.95. The van der Waals surface area contributed by atoms with Crippen LogP contribution in [0, 0.1) is 0 Å². The lowest BCUT2D eigenvalue weighted by Gasteiger charge is -2.23. The number of carbonyl (C=O) groups excluding carboxylic acids is 4. The monoisotopic (exact) mass is 518 g/mol. The number of piperidine rings is 2. The maximum absolute atomic E-state index is 13.3. The summed E-state index contributed by atoms with van der Waals surface area (Å²) in [7, 11) is 0. The van der Waals surface area contributed by atoms with Gasteiger partial charge in [-0.3, -0.25) is 19.2 Å². The Bertz CT molecular complexity index is 1130. The molecule has 8 heteroatoms. The van der Waals surface area contributed by atoms with Gasteiger partial charge in [0, 0.05) is 33.6 Å². The van der Waals surface area contributed by atoms with Gasteiger partial charge in [0.1, 0.15) is 0 Å². The molecule has 2 amide bonds. The molecule has 8 nitrogen and oxygen atoms in total. The first-order chi connectivity index (χ1) is 18.5. The molecule has 0 aromatic heterocycles. The zero-order valence-electron chi connectivity index (χ0n) is 22.0. The fraction of sp³-hybridized carbons (Fsp3) is 0.467. The number of carbonyl (C=O) groups is 4. The maximum atomic E-state index is 13.3. The Morgan fingerprint density at radius 2 is 0.974 bits per heavy atom. The number of anilines is 2. The van der Waals surface area contributed by atoms with Gasteiger partial charge in [0.2, 0.25) is 11.8 Å². The molecule has 0 spiro atoms. The number of hydrogen-bond acceptors (Lipinski definition) is 4. The topological polar surface area (TPSA) is 101 Å². The number of likely N-dealkylation sites (tertiary alicyclic amines) is 2. The molecule has 0 unspecified atom stereocenters. The average molecular weight is 519 g/mol. The molecule has 2 fully saturated rings. The predicted molar refractivity (Wildman–Crippen MR) is 145 cm³/mol. The highest BCUT2D eigenvalue weighted by Gasteiger charge is 2.30. The molecule has 0 radical (unpaired) electrons. The van der Waals surface area contributed by atoms with Crippen LogP contribution < -0.4 is 20.4 Å². The van der Waals surface area contributed by atoms with Crippen LogP contribution in [0.2, 0.25) is 0 Å². The smallest absolute Gasteiger partial charge is 0.230 e. The summed E-state index contributed by atoms with van der Waals surface area (Å²) >= 11 is 0. The molecule has 4 N–H and O–H groups in total. The fourth-order valence-electron chi connectivity index (χ4n) is 5.94. The highest BCUT2D eigenvalue weighted by Crippen LogP contribution is 2.31. The first-order valence-corrected chi connectivity index (χ1v) is 14.1. The van der Waals surface area contributed by atoms with Gasteiger partial charge in [-0.05, 0) is 74.9 Å². The van der Waals surface area contributed by atoms with Gasteiger partial charge in [-0.2, -0.15) is 0 Å². The van der Waals surface area contributed by atoms with E-state index in [0.29, 0.717) is 46.5 Å². The van der Waals surface area contributed by atoms with E-state index in [1.54, 1.807) is 36.4 Å². The molecule has 2 aromatic rings. The van der Waals surface area contributed by atoms with E-state index in [1.807, 2.05) is 0 Å². The van der Waals surface area contributed by atoms with E-state index >= 15 is 0 Å². The molecule has 5 rings (SSSR count). The largest absolute Gasteiger partial charge is 0.335 e. The molecular formula is C30H38N4O4+2. The summed E-state index contributed by atoms with van der Waals surface area (Å²) in [5, 5.41) is 5.78. The number of amides is 2. The third-order valence-electron chi connectivity index (χ3n) is 8.12. The van der Waals surface area contributed by atoms with Gasteiger partial charge in [0.15, 0.2) is 11.6 Å². The second-order valence-electron chi connectivity index (χ2n) is 10.9. The summed E-state index contributed by atoms with van der Waals surface area (Å²) in [6.07, 6.45) is 8.26. The van der Waals surface area contributed by atoms with Gasteiger partial charge in [-0.25, -0.2) is 0 Å². The molecule has 1 aliphatic carbocycles. The van der Waals surface area contributed by atoms with Crippen molar-refractivity contribution >= 4 is 34.8 Å². The first-order valence-electron chi connectivity index (χ1n) is 14.1. The van der Waals surface area contributed by atoms with Crippen LogP contribution in [0.1, 0.15) is 83.2 Å². The number of fused-ring (bicyclic) bond motifs is 2. The lowest BCUT2D eigenvalue weighted by Crippen LogP contribution is -3.12. The normalized spacial score (nSPS) is 18.0. The standard InChI is InChI=1S/C30H36N4O4/c35-27(11-17-33-13-3-1-4-14-33)31-21-7-9-23-25(19-21)29(37)24-10-8-22(20-26(24)30(23)38)32-28(36)12-18-34-15-5-2-6-16-34/h7-10,19-20H,1-6,11-18H2,(H,31,35)(H,32,36)/p+2. The lowest BCUT2D eigenvalue weighted by molar-refractivity contribution is -0.904. The minimum Gasteiger partial charge on any atom is -0.335 e. The van der Waals surface area contributed by atoms with Gasteiger partial charge >= 0.3 is 0 Å². The third-order valence-corrected chi connectivity index (χ3v) is 8.12. The van der Waals surface area contributed by atoms with Crippen molar-refractivity contribution in [3.8, 4) is 0 Å². The van der Waals surface area contributed by atoms with Crippen molar-refractivity contribution in [2.24, 2.45) is 0 Å². The van der Waals surface area contributed by atoms with E-state index < -0.39 is 0 Å². The van der Waals surface area contributed by atoms with E-state index in [2.05, 4.69) is 10.6 Å². The summed E-state index contributed by atoms with van der Waals surface area (Å²) in [6.45, 7) is 6.08. The quantitative estimate of drug-likeness (QED) is 0.361. The molecule has 2 aromatic carbocycles. The number of benzene rings is 2. The van der Waals surface area contributed by atoms with Crippen molar-refractivity contribution in [1.29, 1.82) is 0 Å². The van der Waals surface area contributed by atoms with Crippen molar-refractivity contribution in [3.63, 3.8) is 0 Å². The van der Waals surface area contributed by atoms with Crippen LogP contribution in [0.25, 0.3) is 0 Å². The van der Waals surface area contributed by atoms with Crippen molar-refractivity contribution in [3.05, 3.63) is 58.7 Å². The molecule has 0 atom stereocenters. The van der Waals surface area contributed by atoms with Crippen molar-refractivity contribution < 1.29 is 29.0 Å². The van der Waals surface area contributed by atoms with E-state index in [1.165, 1.54) is 48.3 Å². The summed E-state index contributed by atoms with van der Waals surface area (Å²) < 4.78 is 0. The summed E-state index contributed by atoms with van der Waals surface area (Å²) in [4.78, 5) is 54.5. The van der Waals surface area contributed by atoms with Crippen LogP contribution in [0.4, 0.5) is 11.4 Å². The Kier molecular flexibility index (Phi) is 8.29. The molecular weight excluding hydrogens is 480 g/mol. The van der Waals surface area contributed by atoms with Crippen LogP contribution in [-0.4, -0.2) is 62.6 Å². The zero-order chi connectivity index (χ0) is 26.5. The number of rotatable bonds is 8. The van der Waals surface area contributed by atoms with Crippen LogP contribution >= 0.6 is 0 Å². The second-order valence-corrected chi connectivity index (χ2v) is 10.9. The van der Waals surface area contributed by atoms with Crippen LogP contribution in [0.3, 0.4) is 0 Å². The van der Waals surface area contributed by atoms with E-state index in [9.17, 15) is 19.2 Å². The molecule has 38 heavy (non-hydrogen) atoms. The Hall–Kier alpha value is -3.36. The Morgan fingerprint density at radius 3 is 1.37 bits per heavy atom. The number of nitrogens with one attached hydrogen (secondary N) is 4. The van der Waals surface area contributed by atoms with Crippen LogP contribution in [0.5, 0.6) is 0 Å². The summed E-state index contributed by atoms with van der Waals surface area (Å²) in [6, 6.07) is 9.77. The molecule has 0 saturated carbocycles. The Balaban J connectivity index is 1.21. The maximum Gasteiger partial charge on any atom is 0.230 e. The van der Waals surface area contributed by atoms with Crippen LogP contribution in [-0.2, 0) is 9.59 Å². The number of hydrogen-bond donors (Lipinski definition) is 4. The number of quaternary nitrogens is 2. The molecule has 200 valence electrons. The van der Waals surface area contributed by atoms with Gasteiger partial charge in [-0.1, -0.05) is 0 Å². The minimum atomic E-state index is -0.255. The second kappa shape index (κ2) is 12.0. The van der Waals surface area contributed by atoms with Gasteiger partial charge in [-0.15, -0.1) is 0 Å². The van der Waals surface area contributed by atoms with Gasteiger partial charge < -0.3 is 20.4 Å². The minimum absolute atomic E-state index is 0.0831. The predicted octanol–water partition coefficient (Wildman–Crippen LogP) is 1.26. The SMILES string of the molecule is O=C(CC[NH+]1CCCCC1)Nc1ccc2c(c1)C(=O)c1ccc(NC(=O)CC[NH+]3CCCCC3)cc1C2=O. The van der Waals surface area contributed by atoms with E-state index in [4.69, 9.17) is 0 Å². The number of ketones is 2. The lowest BCUT2D eigenvalue weighted by atomic mass is 9.83. The Labute approximate surface area is 223 Å². The zero-order valence-corrected chi connectivity index (χ0v) is 22.0. The van der Waals surface area contributed by atoms with Crippen molar-refractivity contribution in [2.75, 3.05) is 49.9 Å².